The summed E-state index contributed by atoms with van der Waals surface area (Å²) in [6.45, 7) is 2.51. The van der Waals surface area contributed by atoms with Gasteiger partial charge in [0.05, 0.1) is 12.0 Å². The van der Waals surface area contributed by atoms with E-state index in [1.807, 2.05) is 0 Å². The molecule has 0 spiro atoms. The molecule has 1 N–H and O–H groups in total. The molecule has 1 saturated carbocycles. The van der Waals surface area contributed by atoms with Crippen molar-refractivity contribution in [2.45, 2.75) is 49.5 Å². The minimum absolute atomic E-state index is 0.0400. The Labute approximate surface area is 149 Å². The van der Waals surface area contributed by atoms with Gasteiger partial charge in [-0.15, -0.1) is 0 Å². The number of nitrogens with zero attached hydrogens (tertiary/aromatic N) is 1. The van der Waals surface area contributed by atoms with Crippen LogP contribution < -0.4 is 9.46 Å². The van der Waals surface area contributed by atoms with Crippen LogP contribution in [0.2, 0.25) is 0 Å². The molecule has 140 valence electrons. The molecule has 1 saturated heterocycles. The molecule has 0 atom stereocenters. The van der Waals surface area contributed by atoms with Crippen LogP contribution in [-0.4, -0.2) is 46.1 Å². The zero-order valence-electron chi connectivity index (χ0n) is 14.7. The number of sulfonamides is 1. The van der Waals surface area contributed by atoms with Gasteiger partial charge in [-0.05, 0) is 62.9 Å². The summed E-state index contributed by atoms with van der Waals surface area (Å²) in [5.41, 5.74) is 0. The number of hydrogen-bond donors (Lipinski definition) is 1. The normalized spacial score (nSPS) is 20.9. The summed E-state index contributed by atoms with van der Waals surface area (Å²) >= 11 is 0. The SMILES string of the molecule is COc1ccc(S(=O)(=O)NCC2CCN(C3CCCC3)CC2)cc1F. The van der Waals surface area contributed by atoms with Gasteiger partial charge in [0, 0.05) is 12.6 Å². The number of methoxy groups -OCH3 is 1. The van der Waals surface area contributed by atoms with Crippen LogP contribution in [0.4, 0.5) is 4.39 Å². The van der Waals surface area contributed by atoms with Crippen LogP contribution in [0, 0.1) is 11.7 Å². The van der Waals surface area contributed by atoms with E-state index in [0.717, 1.165) is 38.0 Å². The first kappa shape index (κ1) is 18.6. The molecule has 1 aromatic carbocycles. The molecule has 1 aromatic rings. The Morgan fingerprint density at radius 1 is 1.20 bits per heavy atom. The Bertz CT molecular complexity index is 682. The molecule has 0 bridgehead atoms. The number of halogens is 1. The third kappa shape index (κ3) is 4.51. The van der Waals surface area contributed by atoms with Crippen molar-refractivity contribution in [2.24, 2.45) is 5.92 Å². The van der Waals surface area contributed by atoms with Crippen LogP contribution in [0.1, 0.15) is 38.5 Å². The van der Waals surface area contributed by atoms with Crippen LogP contribution >= 0.6 is 0 Å². The van der Waals surface area contributed by atoms with Gasteiger partial charge in [-0.3, -0.25) is 0 Å². The minimum atomic E-state index is -3.70. The maximum atomic E-state index is 13.7. The zero-order valence-corrected chi connectivity index (χ0v) is 15.5. The summed E-state index contributed by atoms with van der Waals surface area (Å²) in [5.74, 6) is -0.288. The van der Waals surface area contributed by atoms with Crippen molar-refractivity contribution in [1.29, 1.82) is 0 Å². The van der Waals surface area contributed by atoms with Gasteiger partial charge in [-0.2, -0.15) is 0 Å². The van der Waals surface area contributed by atoms with E-state index in [2.05, 4.69) is 9.62 Å². The number of rotatable bonds is 6. The van der Waals surface area contributed by atoms with Gasteiger partial charge in [0.15, 0.2) is 11.6 Å². The van der Waals surface area contributed by atoms with E-state index in [-0.39, 0.29) is 10.6 Å². The average molecular weight is 370 g/mol. The average Bonchev–Trinajstić information content (AvgIpc) is 3.15. The monoisotopic (exact) mass is 370 g/mol. The smallest absolute Gasteiger partial charge is 0.240 e. The summed E-state index contributed by atoms with van der Waals surface area (Å²) in [5, 5.41) is 0. The molecule has 0 amide bonds. The van der Waals surface area contributed by atoms with Gasteiger partial charge in [0.25, 0.3) is 0 Å². The van der Waals surface area contributed by atoms with Gasteiger partial charge in [-0.25, -0.2) is 17.5 Å². The van der Waals surface area contributed by atoms with Crippen molar-refractivity contribution in [3.63, 3.8) is 0 Å². The van der Waals surface area contributed by atoms with Crippen LogP contribution in [0.5, 0.6) is 5.75 Å². The van der Waals surface area contributed by atoms with Crippen molar-refractivity contribution in [1.82, 2.24) is 9.62 Å². The Balaban J connectivity index is 1.52. The molecule has 7 heteroatoms. The third-order valence-electron chi connectivity index (χ3n) is 5.49. The van der Waals surface area contributed by atoms with Crippen molar-refractivity contribution in [2.75, 3.05) is 26.7 Å². The first-order chi connectivity index (χ1) is 12.0. The van der Waals surface area contributed by atoms with E-state index in [0.29, 0.717) is 12.5 Å². The highest BCUT2D eigenvalue weighted by Gasteiger charge is 2.28. The molecule has 25 heavy (non-hydrogen) atoms. The number of benzene rings is 1. The van der Waals surface area contributed by atoms with Gasteiger partial charge in [0.1, 0.15) is 0 Å². The largest absolute Gasteiger partial charge is 0.494 e. The van der Waals surface area contributed by atoms with Gasteiger partial charge < -0.3 is 9.64 Å². The molecule has 1 heterocycles. The molecule has 1 aliphatic carbocycles. The lowest BCUT2D eigenvalue weighted by Crippen LogP contribution is -2.42. The summed E-state index contributed by atoms with van der Waals surface area (Å²) < 4.78 is 46.0. The predicted molar refractivity (Wildman–Crippen MR) is 94.7 cm³/mol. The molecule has 0 unspecified atom stereocenters. The first-order valence-corrected chi connectivity index (χ1v) is 10.5. The van der Waals surface area contributed by atoms with Crippen LogP contribution in [-0.2, 0) is 10.0 Å². The number of likely N-dealkylation sites (tertiary alicyclic amines) is 1. The second-order valence-electron chi connectivity index (χ2n) is 7.07. The van der Waals surface area contributed by atoms with Gasteiger partial charge in [-0.1, -0.05) is 12.8 Å². The van der Waals surface area contributed by atoms with Crippen LogP contribution in [0.3, 0.4) is 0 Å². The molecule has 5 nitrogen and oxygen atoms in total. The van der Waals surface area contributed by atoms with E-state index in [1.54, 1.807) is 0 Å². The minimum Gasteiger partial charge on any atom is -0.494 e. The lowest BCUT2D eigenvalue weighted by molar-refractivity contribution is 0.135. The second kappa shape index (κ2) is 8.01. The third-order valence-corrected chi connectivity index (χ3v) is 6.91. The maximum Gasteiger partial charge on any atom is 0.240 e. The van der Waals surface area contributed by atoms with E-state index in [9.17, 15) is 12.8 Å². The van der Waals surface area contributed by atoms with E-state index in [4.69, 9.17) is 4.74 Å². The summed E-state index contributed by atoms with van der Waals surface area (Å²) in [6.07, 6.45) is 7.30. The van der Waals surface area contributed by atoms with E-state index >= 15 is 0 Å². The lowest BCUT2D eigenvalue weighted by Gasteiger charge is -2.36. The zero-order chi connectivity index (χ0) is 17.9. The Kier molecular flexibility index (Phi) is 5.96. The van der Waals surface area contributed by atoms with Gasteiger partial charge in [0.2, 0.25) is 10.0 Å². The summed E-state index contributed by atoms with van der Waals surface area (Å²) in [6, 6.07) is 4.45. The van der Waals surface area contributed by atoms with E-state index < -0.39 is 15.8 Å². The second-order valence-corrected chi connectivity index (χ2v) is 8.83. The van der Waals surface area contributed by atoms with E-state index in [1.165, 1.54) is 44.9 Å². The Morgan fingerprint density at radius 3 is 2.48 bits per heavy atom. The molecular formula is C18H27FN2O3S. The predicted octanol–water partition coefficient (Wildman–Crippen LogP) is 2.77. The first-order valence-electron chi connectivity index (χ1n) is 9.07. The molecule has 3 rings (SSSR count). The van der Waals surface area contributed by atoms with Crippen molar-refractivity contribution in [3.8, 4) is 5.75 Å². The highest BCUT2D eigenvalue weighted by molar-refractivity contribution is 7.89. The topological polar surface area (TPSA) is 58.6 Å². The lowest BCUT2D eigenvalue weighted by atomic mass is 9.96. The molecule has 1 aliphatic heterocycles. The summed E-state index contributed by atoms with van der Waals surface area (Å²) in [7, 11) is -2.35. The van der Waals surface area contributed by atoms with Crippen LogP contribution in [0.15, 0.2) is 23.1 Å². The number of piperidine rings is 1. The fraction of sp³-hybridized carbons (Fsp3) is 0.667. The Hall–Kier alpha value is -1.18. The Morgan fingerprint density at radius 2 is 1.88 bits per heavy atom. The highest BCUT2D eigenvalue weighted by Crippen LogP contribution is 2.28. The van der Waals surface area contributed by atoms with Crippen molar-refractivity contribution in [3.05, 3.63) is 24.0 Å². The number of hydrogen-bond acceptors (Lipinski definition) is 4. The van der Waals surface area contributed by atoms with Crippen molar-refractivity contribution >= 4 is 10.0 Å². The fourth-order valence-corrected chi connectivity index (χ4v) is 5.04. The maximum absolute atomic E-state index is 13.7. The highest BCUT2D eigenvalue weighted by atomic mass is 32.2. The molecular weight excluding hydrogens is 343 g/mol. The number of nitrogens with one attached hydrogen (secondary N) is 1. The quantitative estimate of drug-likeness (QED) is 0.837. The van der Waals surface area contributed by atoms with Crippen molar-refractivity contribution < 1.29 is 17.5 Å². The van der Waals surface area contributed by atoms with Crippen LogP contribution in [0.25, 0.3) is 0 Å². The summed E-state index contributed by atoms with van der Waals surface area (Å²) in [4.78, 5) is 2.51. The van der Waals surface area contributed by atoms with Gasteiger partial charge >= 0.3 is 0 Å². The molecule has 0 radical (unpaired) electrons. The molecule has 2 aliphatic rings. The standard InChI is InChI=1S/C18H27FN2O3S/c1-24-18-7-6-16(12-17(18)19)25(22,23)20-13-14-8-10-21(11-9-14)15-4-2-3-5-15/h6-7,12,14-15,20H,2-5,8-11,13H2,1H3. The molecule has 2 fully saturated rings. The molecule has 0 aromatic heterocycles. The number of ether oxygens (including phenoxy) is 1. The fourth-order valence-electron chi connectivity index (χ4n) is 3.92.